The molecular weight excluding hydrogens is 365 g/mol. The van der Waals surface area contributed by atoms with Crippen LogP contribution in [-0.2, 0) is 6.54 Å². The quantitative estimate of drug-likeness (QED) is 0.711. The second-order valence-corrected chi connectivity index (χ2v) is 6.51. The van der Waals surface area contributed by atoms with Gasteiger partial charge in [0.2, 0.25) is 0 Å². The number of Topliss-reactive ketones (excluding diaryl/α,β-unsaturated/α-hetero) is 1. The van der Waals surface area contributed by atoms with Crippen molar-refractivity contribution in [2.24, 2.45) is 0 Å². The molecule has 2 heterocycles. The third-order valence-electron chi connectivity index (χ3n) is 4.04. The smallest absolute Gasteiger partial charge is 0.192 e. The molecule has 1 saturated heterocycles. The summed E-state index contributed by atoms with van der Waals surface area (Å²) in [5.41, 5.74) is 1.37. The summed E-state index contributed by atoms with van der Waals surface area (Å²) in [7, 11) is 0. The van der Waals surface area contributed by atoms with Gasteiger partial charge in [-0.1, -0.05) is 30.3 Å². The highest BCUT2D eigenvalue weighted by molar-refractivity contribution is 7.11. The van der Waals surface area contributed by atoms with Crippen molar-refractivity contribution in [2.45, 2.75) is 13.0 Å². The van der Waals surface area contributed by atoms with Crippen LogP contribution in [0, 0.1) is 0 Å². The van der Waals surface area contributed by atoms with Gasteiger partial charge in [-0.3, -0.25) is 9.69 Å². The minimum Gasteiger partial charge on any atom is -0.300 e. The lowest BCUT2D eigenvalue weighted by molar-refractivity contribution is 0.0922. The average molecular weight is 388 g/mol. The monoisotopic (exact) mass is 387 g/mol. The standard InChI is InChI=1S/C17H21N3OS.2ClH/c21-16(17-18-7-13-22-17)6-8-19-9-11-20(12-10-19)14-15-4-2-1-3-5-15;;/h1-5,7,13H,6,8-12,14H2;2*1H. The molecule has 0 amide bonds. The van der Waals surface area contributed by atoms with Crippen LogP contribution >= 0.6 is 36.2 Å². The fourth-order valence-corrected chi connectivity index (χ4v) is 3.35. The molecule has 7 heteroatoms. The van der Waals surface area contributed by atoms with Crippen molar-refractivity contribution in [3.8, 4) is 0 Å². The van der Waals surface area contributed by atoms with Crippen LogP contribution < -0.4 is 0 Å². The van der Waals surface area contributed by atoms with Gasteiger partial charge in [-0.2, -0.15) is 0 Å². The maximum atomic E-state index is 12.0. The van der Waals surface area contributed by atoms with E-state index in [-0.39, 0.29) is 30.6 Å². The van der Waals surface area contributed by atoms with Crippen molar-refractivity contribution in [1.29, 1.82) is 0 Å². The maximum Gasteiger partial charge on any atom is 0.192 e. The van der Waals surface area contributed by atoms with Crippen molar-refractivity contribution in [3.05, 3.63) is 52.5 Å². The molecule has 0 N–H and O–H groups in total. The highest BCUT2D eigenvalue weighted by Gasteiger charge is 2.18. The molecule has 3 rings (SSSR count). The van der Waals surface area contributed by atoms with Crippen LogP contribution in [0.4, 0.5) is 0 Å². The Morgan fingerprint density at radius 2 is 1.71 bits per heavy atom. The molecule has 1 fully saturated rings. The van der Waals surface area contributed by atoms with Gasteiger partial charge < -0.3 is 4.90 Å². The number of aromatic nitrogens is 1. The summed E-state index contributed by atoms with van der Waals surface area (Å²) < 4.78 is 0. The van der Waals surface area contributed by atoms with E-state index in [2.05, 4.69) is 45.1 Å². The summed E-state index contributed by atoms with van der Waals surface area (Å²) in [6, 6.07) is 10.6. The van der Waals surface area contributed by atoms with Crippen LogP contribution in [0.25, 0.3) is 0 Å². The number of rotatable bonds is 6. The zero-order valence-corrected chi connectivity index (χ0v) is 15.9. The first-order valence-corrected chi connectivity index (χ1v) is 8.60. The van der Waals surface area contributed by atoms with Gasteiger partial charge in [-0.25, -0.2) is 4.98 Å². The molecule has 0 aliphatic carbocycles. The van der Waals surface area contributed by atoms with E-state index in [9.17, 15) is 4.79 Å². The average Bonchev–Trinajstić information content (AvgIpc) is 3.09. The maximum absolute atomic E-state index is 12.0. The molecule has 1 aliphatic heterocycles. The number of halogens is 2. The first kappa shape index (κ1) is 21.1. The first-order valence-electron chi connectivity index (χ1n) is 7.72. The van der Waals surface area contributed by atoms with E-state index >= 15 is 0 Å². The normalized spacial score (nSPS) is 15.3. The predicted octanol–water partition coefficient (Wildman–Crippen LogP) is 3.38. The summed E-state index contributed by atoms with van der Waals surface area (Å²) in [5, 5.41) is 2.50. The molecule has 0 unspecified atom stereocenters. The minimum atomic E-state index is 0. The fraction of sp³-hybridized carbons (Fsp3) is 0.412. The van der Waals surface area contributed by atoms with E-state index in [4.69, 9.17) is 0 Å². The number of thiazole rings is 1. The van der Waals surface area contributed by atoms with Gasteiger partial charge >= 0.3 is 0 Å². The van der Waals surface area contributed by atoms with Gasteiger partial charge in [0, 0.05) is 57.3 Å². The van der Waals surface area contributed by atoms with Gasteiger partial charge in [0.1, 0.15) is 0 Å². The van der Waals surface area contributed by atoms with Crippen molar-refractivity contribution < 1.29 is 4.79 Å². The summed E-state index contributed by atoms with van der Waals surface area (Å²) in [5.74, 6) is 0.168. The van der Waals surface area contributed by atoms with E-state index in [0.717, 1.165) is 39.3 Å². The zero-order valence-electron chi connectivity index (χ0n) is 13.5. The first-order chi connectivity index (χ1) is 10.8. The summed E-state index contributed by atoms with van der Waals surface area (Å²) in [4.78, 5) is 20.9. The summed E-state index contributed by atoms with van der Waals surface area (Å²) in [6.45, 7) is 6.08. The van der Waals surface area contributed by atoms with Crippen LogP contribution in [0.5, 0.6) is 0 Å². The van der Waals surface area contributed by atoms with Crippen LogP contribution in [0.15, 0.2) is 41.9 Å². The number of carbonyl (C=O) groups is 1. The number of benzene rings is 1. The third-order valence-corrected chi connectivity index (χ3v) is 4.85. The topological polar surface area (TPSA) is 36.4 Å². The fourth-order valence-electron chi connectivity index (χ4n) is 2.74. The van der Waals surface area contributed by atoms with Crippen molar-refractivity contribution in [2.75, 3.05) is 32.7 Å². The molecule has 1 aromatic heterocycles. The van der Waals surface area contributed by atoms with Gasteiger partial charge in [0.05, 0.1) is 0 Å². The molecule has 1 aliphatic rings. The highest BCUT2D eigenvalue weighted by Crippen LogP contribution is 2.11. The number of piperazine rings is 1. The molecular formula is C17H23Cl2N3OS. The van der Waals surface area contributed by atoms with E-state index in [1.54, 1.807) is 6.20 Å². The summed E-state index contributed by atoms with van der Waals surface area (Å²) in [6.07, 6.45) is 2.27. The van der Waals surface area contributed by atoms with Crippen LogP contribution in [0.2, 0.25) is 0 Å². The largest absolute Gasteiger partial charge is 0.300 e. The van der Waals surface area contributed by atoms with Gasteiger partial charge in [0.15, 0.2) is 10.8 Å². The number of hydrogen-bond acceptors (Lipinski definition) is 5. The minimum absolute atomic E-state index is 0. The molecule has 0 bridgehead atoms. The van der Waals surface area contributed by atoms with Crippen LogP contribution in [0.3, 0.4) is 0 Å². The Labute approximate surface area is 159 Å². The lowest BCUT2D eigenvalue weighted by Crippen LogP contribution is -2.46. The molecule has 0 radical (unpaired) electrons. The lowest BCUT2D eigenvalue weighted by atomic mass is 10.2. The van der Waals surface area contributed by atoms with E-state index in [1.165, 1.54) is 16.9 Å². The molecule has 0 saturated carbocycles. The Kier molecular flexibility index (Phi) is 9.48. The Bertz CT molecular complexity index is 587. The lowest BCUT2D eigenvalue weighted by Gasteiger charge is -2.34. The Morgan fingerprint density at radius 1 is 1.04 bits per heavy atom. The van der Waals surface area contributed by atoms with E-state index in [1.807, 2.05) is 5.38 Å². The second-order valence-electron chi connectivity index (χ2n) is 5.61. The van der Waals surface area contributed by atoms with Crippen molar-refractivity contribution in [3.63, 3.8) is 0 Å². The van der Waals surface area contributed by atoms with Gasteiger partial charge in [0.25, 0.3) is 0 Å². The van der Waals surface area contributed by atoms with Gasteiger partial charge in [-0.05, 0) is 5.56 Å². The number of hydrogen-bond donors (Lipinski definition) is 0. The van der Waals surface area contributed by atoms with E-state index < -0.39 is 0 Å². The van der Waals surface area contributed by atoms with Crippen molar-refractivity contribution in [1.82, 2.24) is 14.8 Å². The van der Waals surface area contributed by atoms with Gasteiger partial charge in [-0.15, -0.1) is 36.2 Å². The van der Waals surface area contributed by atoms with Crippen molar-refractivity contribution >= 4 is 41.9 Å². The summed E-state index contributed by atoms with van der Waals surface area (Å²) >= 11 is 1.43. The molecule has 2 aromatic rings. The van der Waals surface area contributed by atoms with Crippen LogP contribution in [-0.4, -0.2) is 53.3 Å². The highest BCUT2D eigenvalue weighted by atomic mass is 35.5. The third kappa shape index (κ3) is 6.15. The zero-order chi connectivity index (χ0) is 15.2. The Balaban J connectivity index is 0.00000144. The molecule has 0 atom stereocenters. The SMILES string of the molecule is Cl.Cl.O=C(CCN1CCN(Cc2ccccc2)CC1)c1nccs1. The molecule has 0 spiro atoms. The molecule has 1 aromatic carbocycles. The number of ketones is 1. The molecule has 4 nitrogen and oxygen atoms in total. The van der Waals surface area contributed by atoms with Crippen LogP contribution in [0.1, 0.15) is 21.8 Å². The molecule has 24 heavy (non-hydrogen) atoms. The van der Waals surface area contributed by atoms with E-state index in [0.29, 0.717) is 11.4 Å². The molecule has 132 valence electrons. The Hall–Kier alpha value is -0.980. The Morgan fingerprint density at radius 3 is 2.33 bits per heavy atom. The number of nitrogens with zero attached hydrogens (tertiary/aromatic N) is 3. The number of carbonyl (C=O) groups excluding carboxylic acids is 1. The second kappa shape index (κ2) is 10.8. The predicted molar refractivity (Wildman–Crippen MR) is 104 cm³/mol.